The van der Waals surface area contributed by atoms with Crippen molar-refractivity contribution in [2.24, 2.45) is 5.41 Å². The molecule has 0 aromatic heterocycles. The van der Waals surface area contributed by atoms with Gasteiger partial charge in [-0.1, -0.05) is 43.6 Å². The number of amides is 1. The number of carbonyl (C=O) groups excluding carboxylic acids is 1. The summed E-state index contributed by atoms with van der Waals surface area (Å²) in [5.74, 6) is 0.0748. The van der Waals surface area contributed by atoms with Gasteiger partial charge in [-0.05, 0) is 36.3 Å². The molecular formula is C15H20ClNO. The van der Waals surface area contributed by atoms with Crippen LogP contribution in [0.5, 0.6) is 0 Å². The van der Waals surface area contributed by atoms with Gasteiger partial charge < -0.3 is 5.32 Å². The first kappa shape index (κ1) is 13.4. The zero-order valence-corrected chi connectivity index (χ0v) is 11.8. The van der Waals surface area contributed by atoms with Crippen LogP contribution in [0, 0.1) is 5.41 Å². The minimum absolute atomic E-state index is 0.0748. The van der Waals surface area contributed by atoms with E-state index in [4.69, 9.17) is 11.6 Å². The largest absolute Gasteiger partial charge is 0.353 e. The lowest BCUT2D eigenvalue weighted by molar-refractivity contribution is -0.121. The van der Waals surface area contributed by atoms with Crippen LogP contribution in [-0.2, 0) is 11.2 Å². The van der Waals surface area contributed by atoms with E-state index in [9.17, 15) is 4.79 Å². The van der Waals surface area contributed by atoms with Gasteiger partial charge in [0.25, 0.3) is 0 Å². The van der Waals surface area contributed by atoms with Crippen LogP contribution in [0.3, 0.4) is 0 Å². The first-order valence-electron chi connectivity index (χ1n) is 6.49. The Balaban J connectivity index is 1.88. The fourth-order valence-corrected chi connectivity index (χ4v) is 2.86. The third-order valence-electron chi connectivity index (χ3n) is 3.64. The third kappa shape index (κ3) is 3.49. The molecule has 1 aliphatic rings. The molecule has 0 aliphatic heterocycles. The number of hydrogen-bond donors (Lipinski definition) is 1. The first-order valence-corrected chi connectivity index (χ1v) is 6.87. The van der Waals surface area contributed by atoms with Crippen molar-refractivity contribution in [3.63, 3.8) is 0 Å². The number of carbonyl (C=O) groups is 1. The molecule has 1 amide bonds. The van der Waals surface area contributed by atoms with E-state index in [-0.39, 0.29) is 5.91 Å². The smallest absolute Gasteiger partial charge is 0.224 e. The Morgan fingerprint density at radius 3 is 2.78 bits per heavy atom. The SMILES string of the molecule is CC1(C)CCC(NC(=O)Cc2ccccc2Cl)C1. The standard InChI is InChI=1S/C15H20ClNO/c1-15(2)8-7-12(10-15)17-14(18)9-11-5-3-4-6-13(11)16/h3-6,12H,7-10H2,1-2H3,(H,17,18). The topological polar surface area (TPSA) is 29.1 Å². The lowest BCUT2D eigenvalue weighted by Gasteiger charge is -2.18. The van der Waals surface area contributed by atoms with E-state index in [1.807, 2.05) is 24.3 Å². The number of rotatable bonds is 3. The maximum absolute atomic E-state index is 12.0. The molecule has 3 heteroatoms. The van der Waals surface area contributed by atoms with E-state index in [1.165, 1.54) is 6.42 Å². The molecule has 1 aromatic carbocycles. The van der Waals surface area contributed by atoms with Crippen LogP contribution in [0.25, 0.3) is 0 Å². The van der Waals surface area contributed by atoms with E-state index in [0.717, 1.165) is 18.4 Å². The second-order valence-electron chi connectivity index (χ2n) is 5.94. The summed E-state index contributed by atoms with van der Waals surface area (Å²) < 4.78 is 0. The average molecular weight is 266 g/mol. The molecule has 18 heavy (non-hydrogen) atoms. The van der Waals surface area contributed by atoms with Gasteiger partial charge in [-0.15, -0.1) is 0 Å². The Labute approximate surface area is 114 Å². The molecule has 1 aliphatic carbocycles. The summed E-state index contributed by atoms with van der Waals surface area (Å²) in [5, 5.41) is 3.78. The minimum atomic E-state index is 0.0748. The summed E-state index contributed by atoms with van der Waals surface area (Å²) in [6.45, 7) is 4.51. The van der Waals surface area contributed by atoms with Crippen LogP contribution in [0.1, 0.15) is 38.7 Å². The Morgan fingerprint density at radius 2 is 2.17 bits per heavy atom. The van der Waals surface area contributed by atoms with Crippen LogP contribution >= 0.6 is 11.6 Å². The van der Waals surface area contributed by atoms with E-state index < -0.39 is 0 Å². The Hall–Kier alpha value is -1.02. The third-order valence-corrected chi connectivity index (χ3v) is 4.01. The molecule has 0 radical (unpaired) electrons. The van der Waals surface area contributed by atoms with Gasteiger partial charge in [-0.25, -0.2) is 0 Å². The number of benzene rings is 1. The minimum Gasteiger partial charge on any atom is -0.353 e. The highest BCUT2D eigenvalue weighted by Crippen LogP contribution is 2.36. The van der Waals surface area contributed by atoms with Crippen molar-refractivity contribution < 1.29 is 4.79 Å². The molecule has 1 fully saturated rings. The average Bonchev–Trinajstić information content (AvgIpc) is 2.61. The van der Waals surface area contributed by atoms with E-state index in [0.29, 0.717) is 22.9 Å². The molecule has 1 atom stereocenters. The summed E-state index contributed by atoms with van der Waals surface area (Å²) in [4.78, 5) is 12.0. The lowest BCUT2D eigenvalue weighted by atomic mass is 9.92. The van der Waals surface area contributed by atoms with Gasteiger partial charge in [-0.3, -0.25) is 4.79 Å². The molecule has 1 N–H and O–H groups in total. The highest BCUT2D eigenvalue weighted by atomic mass is 35.5. The van der Waals surface area contributed by atoms with Crippen molar-refractivity contribution in [1.82, 2.24) is 5.32 Å². The fraction of sp³-hybridized carbons (Fsp3) is 0.533. The first-order chi connectivity index (χ1) is 8.46. The van der Waals surface area contributed by atoms with Crippen molar-refractivity contribution in [3.8, 4) is 0 Å². The van der Waals surface area contributed by atoms with Crippen molar-refractivity contribution in [2.45, 2.75) is 45.6 Å². The van der Waals surface area contributed by atoms with Crippen LogP contribution < -0.4 is 5.32 Å². The van der Waals surface area contributed by atoms with Crippen molar-refractivity contribution in [3.05, 3.63) is 34.9 Å². The molecule has 0 saturated heterocycles. The molecule has 1 aromatic rings. The Kier molecular flexibility index (Phi) is 3.96. The van der Waals surface area contributed by atoms with E-state index in [2.05, 4.69) is 19.2 Å². The monoisotopic (exact) mass is 265 g/mol. The highest BCUT2D eigenvalue weighted by Gasteiger charge is 2.31. The van der Waals surface area contributed by atoms with Crippen LogP contribution in [0.15, 0.2) is 24.3 Å². The van der Waals surface area contributed by atoms with E-state index >= 15 is 0 Å². The van der Waals surface area contributed by atoms with Crippen LogP contribution in [0.4, 0.5) is 0 Å². The van der Waals surface area contributed by atoms with Crippen LogP contribution in [0.2, 0.25) is 5.02 Å². The zero-order valence-electron chi connectivity index (χ0n) is 11.0. The Morgan fingerprint density at radius 1 is 1.44 bits per heavy atom. The highest BCUT2D eigenvalue weighted by molar-refractivity contribution is 6.31. The van der Waals surface area contributed by atoms with Gasteiger partial charge in [0, 0.05) is 11.1 Å². The number of hydrogen-bond acceptors (Lipinski definition) is 1. The van der Waals surface area contributed by atoms with Crippen molar-refractivity contribution >= 4 is 17.5 Å². The molecule has 0 heterocycles. The molecule has 2 nitrogen and oxygen atoms in total. The molecule has 98 valence electrons. The molecule has 0 bridgehead atoms. The molecule has 2 rings (SSSR count). The normalized spacial score (nSPS) is 21.8. The summed E-state index contributed by atoms with van der Waals surface area (Å²) >= 11 is 6.05. The van der Waals surface area contributed by atoms with Gasteiger partial charge in [0.2, 0.25) is 5.91 Å². The summed E-state index contributed by atoms with van der Waals surface area (Å²) in [6.07, 6.45) is 3.71. The van der Waals surface area contributed by atoms with Crippen molar-refractivity contribution in [2.75, 3.05) is 0 Å². The van der Waals surface area contributed by atoms with Gasteiger partial charge in [0.15, 0.2) is 0 Å². The molecule has 0 spiro atoms. The maximum Gasteiger partial charge on any atom is 0.224 e. The van der Waals surface area contributed by atoms with E-state index in [1.54, 1.807) is 0 Å². The predicted octanol–water partition coefficient (Wildman–Crippen LogP) is 3.58. The Bertz CT molecular complexity index is 442. The maximum atomic E-state index is 12.0. The van der Waals surface area contributed by atoms with Crippen LogP contribution in [-0.4, -0.2) is 11.9 Å². The summed E-state index contributed by atoms with van der Waals surface area (Å²) in [7, 11) is 0. The molecule has 1 unspecified atom stereocenters. The summed E-state index contributed by atoms with van der Waals surface area (Å²) in [5.41, 5.74) is 1.26. The zero-order chi connectivity index (χ0) is 13.2. The fourth-order valence-electron chi connectivity index (χ4n) is 2.65. The van der Waals surface area contributed by atoms with Gasteiger partial charge in [0.1, 0.15) is 0 Å². The van der Waals surface area contributed by atoms with Gasteiger partial charge in [-0.2, -0.15) is 0 Å². The van der Waals surface area contributed by atoms with Gasteiger partial charge >= 0.3 is 0 Å². The van der Waals surface area contributed by atoms with Gasteiger partial charge in [0.05, 0.1) is 6.42 Å². The summed E-state index contributed by atoms with van der Waals surface area (Å²) in [6, 6.07) is 7.84. The number of halogens is 1. The second kappa shape index (κ2) is 5.31. The number of nitrogens with one attached hydrogen (secondary N) is 1. The molecular weight excluding hydrogens is 246 g/mol. The lowest BCUT2D eigenvalue weighted by Crippen LogP contribution is -2.34. The quantitative estimate of drug-likeness (QED) is 0.889. The second-order valence-corrected chi connectivity index (χ2v) is 6.35. The predicted molar refractivity (Wildman–Crippen MR) is 74.7 cm³/mol. The molecule has 1 saturated carbocycles. The van der Waals surface area contributed by atoms with Crippen molar-refractivity contribution in [1.29, 1.82) is 0 Å².